The summed E-state index contributed by atoms with van der Waals surface area (Å²) in [6, 6.07) is 0. The van der Waals surface area contributed by atoms with Crippen molar-refractivity contribution in [1.82, 2.24) is 0 Å². The van der Waals surface area contributed by atoms with Gasteiger partial charge in [-0.2, -0.15) is 0 Å². The first-order chi connectivity index (χ1) is 28.5. The van der Waals surface area contributed by atoms with Crippen molar-refractivity contribution in [3.8, 4) is 0 Å². The number of aliphatic hydroxyl groups is 8. The average molecular weight is 859 g/mol. The van der Waals surface area contributed by atoms with E-state index in [1.165, 1.54) is 7.11 Å². The van der Waals surface area contributed by atoms with Crippen molar-refractivity contribution in [1.29, 1.82) is 0 Å². The minimum Gasteiger partial charge on any atom is -0.458 e. The molecule has 0 radical (unpaired) electrons. The van der Waals surface area contributed by atoms with Crippen molar-refractivity contribution in [2.75, 3.05) is 26.9 Å². The third-order valence-corrected chi connectivity index (χ3v) is 15.3. The van der Waals surface area contributed by atoms with Gasteiger partial charge in [0.15, 0.2) is 18.9 Å². The number of methoxy groups -OCH3 is 1. The van der Waals surface area contributed by atoms with Crippen LogP contribution < -0.4 is 0 Å². The van der Waals surface area contributed by atoms with Crippen LogP contribution in [-0.2, 0) is 47.5 Å². The zero-order valence-corrected chi connectivity index (χ0v) is 34.9. The maximum absolute atomic E-state index is 13.6. The Balaban J connectivity index is 0.929. The summed E-state index contributed by atoms with van der Waals surface area (Å²) in [7, 11) is 1.51. The number of hydrogen-bond acceptors (Lipinski definition) is 18. The highest BCUT2D eigenvalue weighted by Gasteiger charge is 2.55. The Morgan fingerprint density at radius 3 is 2.20 bits per heavy atom. The smallest absolute Gasteiger partial charge is 0.331 e. The second-order valence-corrected chi connectivity index (χ2v) is 18.7. The van der Waals surface area contributed by atoms with Crippen LogP contribution in [0.5, 0.6) is 0 Å². The van der Waals surface area contributed by atoms with E-state index in [9.17, 15) is 50.4 Å². The predicted molar refractivity (Wildman–Crippen MR) is 204 cm³/mol. The predicted octanol–water partition coefficient (Wildman–Crippen LogP) is -0.643. The Hall–Kier alpha value is -1.72. The summed E-state index contributed by atoms with van der Waals surface area (Å²) in [5.74, 6) is 0.0835. The van der Waals surface area contributed by atoms with Gasteiger partial charge in [0, 0.05) is 37.4 Å². The summed E-state index contributed by atoms with van der Waals surface area (Å²) in [6.45, 7) is 5.19. The average Bonchev–Trinajstić information content (AvgIpc) is 3.78. The van der Waals surface area contributed by atoms with Crippen LogP contribution in [0.2, 0.25) is 0 Å². The van der Waals surface area contributed by atoms with Gasteiger partial charge in [0.1, 0.15) is 67.3 Å². The molecule has 0 amide bonds. The van der Waals surface area contributed by atoms with Gasteiger partial charge in [-0.1, -0.05) is 13.8 Å². The number of carbonyl (C=O) groups is 2. The SMILES string of the molecule is COC1CC(OC2CCC3(C)C(CCC(=O)C3CCC3(C)C(O)CCC3C3=CC(=O)OC3)C2)OC(C)C1OC1OC(COC2OC(CO)C(O)C(O)C2O)C(O)C(O)C1O. The number of rotatable bonds is 13. The molecule has 18 nitrogen and oxygen atoms in total. The molecule has 3 saturated carbocycles. The highest BCUT2D eigenvalue weighted by molar-refractivity contribution is 5.85. The summed E-state index contributed by atoms with van der Waals surface area (Å²) in [5, 5.41) is 83.5. The number of ether oxygens (including phenoxy) is 8. The van der Waals surface area contributed by atoms with E-state index in [0.29, 0.717) is 25.7 Å². The molecule has 0 bridgehead atoms. The number of cyclic esters (lactones) is 1. The van der Waals surface area contributed by atoms with Crippen molar-refractivity contribution in [3.63, 3.8) is 0 Å². The van der Waals surface area contributed by atoms with E-state index < -0.39 is 111 Å². The molecule has 0 aromatic carbocycles. The molecule has 342 valence electrons. The minimum atomic E-state index is -1.72. The quantitative estimate of drug-likeness (QED) is 0.0845. The molecular weight excluding hydrogens is 792 g/mol. The van der Waals surface area contributed by atoms with E-state index in [2.05, 4.69) is 13.8 Å². The van der Waals surface area contributed by atoms with Gasteiger partial charge in [-0.05, 0) is 81.1 Å². The first-order valence-electron chi connectivity index (χ1n) is 21.7. The molecule has 7 aliphatic rings. The molecule has 8 N–H and O–H groups in total. The summed E-state index contributed by atoms with van der Waals surface area (Å²) >= 11 is 0. The molecule has 3 aliphatic carbocycles. The van der Waals surface area contributed by atoms with Crippen molar-refractivity contribution in [3.05, 3.63) is 11.6 Å². The molecule has 60 heavy (non-hydrogen) atoms. The summed E-state index contributed by atoms with van der Waals surface area (Å²) in [5.41, 5.74) is 0.268. The molecule has 21 unspecified atom stereocenters. The van der Waals surface area contributed by atoms with Crippen molar-refractivity contribution in [2.24, 2.45) is 28.6 Å². The lowest BCUT2D eigenvalue weighted by Gasteiger charge is -2.52. The van der Waals surface area contributed by atoms with Gasteiger partial charge in [-0.25, -0.2) is 4.79 Å². The maximum atomic E-state index is 13.6. The van der Waals surface area contributed by atoms with Gasteiger partial charge in [0.05, 0.1) is 37.6 Å². The monoisotopic (exact) mass is 858 g/mol. The number of esters is 1. The molecule has 3 saturated heterocycles. The van der Waals surface area contributed by atoms with E-state index >= 15 is 0 Å². The fourth-order valence-electron chi connectivity index (χ4n) is 11.4. The first kappa shape index (κ1) is 46.3. The second-order valence-electron chi connectivity index (χ2n) is 18.7. The lowest BCUT2D eigenvalue weighted by atomic mass is 9.53. The Morgan fingerprint density at radius 2 is 1.52 bits per heavy atom. The summed E-state index contributed by atoms with van der Waals surface area (Å²) in [6.07, 6.45) is -10.7. The third-order valence-electron chi connectivity index (χ3n) is 15.3. The Bertz CT molecular complexity index is 1530. The van der Waals surface area contributed by atoms with Crippen LogP contribution in [0.15, 0.2) is 11.6 Å². The lowest BCUT2D eigenvalue weighted by molar-refractivity contribution is -0.355. The normalized spacial score (nSPS) is 50.0. The zero-order chi connectivity index (χ0) is 43.3. The molecule has 6 fully saturated rings. The van der Waals surface area contributed by atoms with Crippen LogP contribution in [-0.4, -0.2) is 178 Å². The van der Waals surface area contributed by atoms with E-state index in [4.69, 9.17) is 37.9 Å². The standard InChI is InChI=1S/C42H66O18/c1-19-38(60-40-37(52)35(50)33(48)28(59-40)18-55-39-36(51)34(49)32(47)27(16-43)58-39)26(53-4)15-31(56-19)57-22-9-11-41(2)21(14-22)5-7-25(44)24(41)10-12-42(3)23(6-8-29(42)45)20-13-30(46)54-17-20/h13,19,21-24,26-29,31-40,43,45,47-52H,5-12,14-18H2,1-4H3. The molecule has 18 heteroatoms. The number of aliphatic hydroxyl groups excluding tert-OH is 8. The molecule has 0 spiro atoms. The van der Waals surface area contributed by atoms with E-state index in [-0.39, 0.29) is 54.1 Å². The van der Waals surface area contributed by atoms with Gasteiger partial charge < -0.3 is 78.7 Å². The fraction of sp³-hybridized carbons (Fsp3) is 0.905. The van der Waals surface area contributed by atoms with E-state index in [0.717, 1.165) is 37.7 Å². The third kappa shape index (κ3) is 8.99. The van der Waals surface area contributed by atoms with Gasteiger partial charge in [0.2, 0.25) is 0 Å². The maximum Gasteiger partial charge on any atom is 0.331 e. The van der Waals surface area contributed by atoms with Crippen LogP contribution in [0.3, 0.4) is 0 Å². The number of carbonyl (C=O) groups excluding carboxylic acids is 2. The van der Waals surface area contributed by atoms with Gasteiger partial charge >= 0.3 is 5.97 Å². The van der Waals surface area contributed by atoms with Gasteiger partial charge in [-0.15, -0.1) is 0 Å². The van der Waals surface area contributed by atoms with Crippen LogP contribution >= 0.6 is 0 Å². The molecule has 4 heterocycles. The molecule has 21 atom stereocenters. The van der Waals surface area contributed by atoms with E-state index in [1.54, 1.807) is 13.0 Å². The highest BCUT2D eigenvalue weighted by atomic mass is 16.8. The molecule has 7 rings (SSSR count). The highest BCUT2D eigenvalue weighted by Crippen LogP contribution is 2.57. The molecular formula is C42H66O18. The largest absolute Gasteiger partial charge is 0.458 e. The van der Waals surface area contributed by atoms with Crippen LogP contribution in [0.25, 0.3) is 0 Å². The molecule has 4 aliphatic heterocycles. The Morgan fingerprint density at radius 1 is 0.817 bits per heavy atom. The number of Topliss-reactive ketones (excluding diaryl/α,β-unsaturated/α-hetero) is 1. The second kappa shape index (κ2) is 18.8. The van der Waals surface area contributed by atoms with Crippen molar-refractivity contribution in [2.45, 2.75) is 183 Å². The molecule has 0 aromatic rings. The minimum absolute atomic E-state index is 0.0357. The number of fused-ring (bicyclic) bond motifs is 1. The van der Waals surface area contributed by atoms with Crippen LogP contribution in [0.1, 0.15) is 85.0 Å². The zero-order valence-electron chi connectivity index (χ0n) is 34.9. The molecule has 0 aromatic heterocycles. The van der Waals surface area contributed by atoms with Gasteiger partial charge in [-0.3, -0.25) is 4.79 Å². The summed E-state index contributed by atoms with van der Waals surface area (Å²) < 4.78 is 46.9. The Kier molecular flexibility index (Phi) is 14.5. The van der Waals surface area contributed by atoms with Crippen LogP contribution in [0, 0.1) is 28.6 Å². The van der Waals surface area contributed by atoms with Gasteiger partial charge in [0.25, 0.3) is 0 Å². The van der Waals surface area contributed by atoms with Crippen molar-refractivity contribution >= 4 is 11.8 Å². The topological polar surface area (TPSA) is 270 Å². The summed E-state index contributed by atoms with van der Waals surface area (Å²) in [4.78, 5) is 25.5. The lowest BCUT2D eigenvalue weighted by Crippen LogP contribution is -2.63. The first-order valence-corrected chi connectivity index (χ1v) is 21.7. The number of hydrogen-bond donors (Lipinski definition) is 8. The van der Waals surface area contributed by atoms with Crippen LogP contribution in [0.4, 0.5) is 0 Å². The number of ketones is 1. The fourth-order valence-corrected chi connectivity index (χ4v) is 11.4. The van der Waals surface area contributed by atoms with E-state index in [1.807, 2.05) is 0 Å². The van der Waals surface area contributed by atoms with Crippen molar-refractivity contribution < 1.29 is 88.3 Å². The Labute approximate surface area is 350 Å².